The molecule has 1 heterocycles. The molecule has 0 saturated carbocycles. The van der Waals surface area contributed by atoms with Crippen molar-refractivity contribution in [2.24, 2.45) is 0 Å². The van der Waals surface area contributed by atoms with Gasteiger partial charge in [0.15, 0.2) is 0 Å². The van der Waals surface area contributed by atoms with Gasteiger partial charge < -0.3 is 0 Å². The highest BCUT2D eigenvalue weighted by Crippen LogP contribution is 2.11. The lowest BCUT2D eigenvalue weighted by molar-refractivity contribution is 0.463. The van der Waals surface area contributed by atoms with E-state index in [4.69, 9.17) is 0 Å². The highest BCUT2D eigenvalue weighted by Gasteiger charge is 2.25. The molecule has 0 bridgehead atoms. The molecule has 0 spiro atoms. The number of rotatable bonds is 1. The van der Waals surface area contributed by atoms with E-state index in [1.807, 2.05) is 6.92 Å². The van der Waals surface area contributed by atoms with Crippen LogP contribution < -0.4 is 0 Å². The monoisotopic (exact) mass is 149 g/mol. The Balaban J connectivity index is 2.75. The number of hydrogen-bond acceptors (Lipinski definition) is 2. The zero-order chi connectivity index (χ0) is 6.91. The zero-order valence-electron chi connectivity index (χ0n) is 5.50. The van der Waals surface area contributed by atoms with Gasteiger partial charge in [-0.05, 0) is 6.42 Å². The molecule has 1 aliphatic heterocycles. The Morgan fingerprint density at radius 1 is 1.56 bits per heavy atom. The van der Waals surface area contributed by atoms with Crippen molar-refractivity contribution in [2.45, 2.75) is 13.3 Å². The van der Waals surface area contributed by atoms with E-state index >= 15 is 0 Å². The van der Waals surface area contributed by atoms with Gasteiger partial charge in [0.1, 0.15) is 0 Å². The molecule has 0 atom stereocenters. The molecule has 0 radical (unpaired) electrons. The Kier molecular flexibility index (Phi) is 1.77. The Morgan fingerprint density at radius 2 is 2.22 bits per heavy atom. The highest BCUT2D eigenvalue weighted by atomic mass is 32.2. The van der Waals surface area contributed by atoms with Crippen LogP contribution in [0.15, 0.2) is 0 Å². The van der Waals surface area contributed by atoms with Gasteiger partial charge in [0, 0.05) is 13.1 Å². The lowest BCUT2D eigenvalue weighted by atomic mass is 10.5. The first-order valence-electron chi connectivity index (χ1n) is 3.14. The molecule has 0 aromatic carbocycles. The van der Waals surface area contributed by atoms with Crippen molar-refractivity contribution in [3.05, 3.63) is 0 Å². The molecule has 1 rings (SSSR count). The van der Waals surface area contributed by atoms with Gasteiger partial charge in [-0.3, -0.25) is 0 Å². The quantitative estimate of drug-likeness (QED) is 0.528. The molecular weight excluding hydrogens is 138 g/mol. The van der Waals surface area contributed by atoms with Crippen LogP contribution in [0.2, 0.25) is 0 Å². The van der Waals surface area contributed by atoms with Crippen molar-refractivity contribution in [1.29, 1.82) is 0 Å². The molecule has 3 nitrogen and oxygen atoms in total. The molecule has 9 heavy (non-hydrogen) atoms. The van der Waals surface area contributed by atoms with E-state index in [0.717, 1.165) is 13.0 Å². The third-order valence-electron chi connectivity index (χ3n) is 1.56. The van der Waals surface area contributed by atoms with Gasteiger partial charge in [-0.15, -0.1) is 0 Å². The Bertz CT molecular complexity index is 185. The molecule has 0 amide bonds. The van der Waals surface area contributed by atoms with Crippen LogP contribution in [0.4, 0.5) is 0 Å². The summed E-state index contributed by atoms with van der Waals surface area (Å²) in [5.41, 5.74) is 0. The SMILES string of the molecule is CCN1CCCS1(=O)=O. The Labute approximate surface area is 55.7 Å². The second-order valence-electron chi connectivity index (χ2n) is 2.16. The maximum Gasteiger partial charge on any atom is 0.214 e. The van der Waals surface area contributed by atoms with Crippen molar-refractivity contribution in [3.63, 3.8) is 0 Å². The summed E-state index contributed by atoms with van der Waals surface area (Å²) in [4.78, 5) is 0. The molecule has 1 aliphatic rings. The minimum absolute atomic E-state index is 0.348. The summed E-state index contributed by atoms with van der Waals surface area (Å²) in [5.74, 6) is 0.348. The van der Waals surface area contributed by atoms with Crippen LogP contribution in [0.1, 0.15) is 13.3 Å². The van der Waals surface area contributed by atoms with E-state index in [1.54, 1.807) is 0 Å². The van der Waals surface area contributed by atoms with Crippen molar-refractivity contribution in [3.8, 4) is 0 Å². The van der Waals surface area contributed by atoms with Gasteiger partial charge in [-0.1, -0.05) is 6.92 Å². The van der Waals surface area contributed by atoms with Gasteiger partial charge in [0.2, 0.25) is 10.0 Å². The molecule has 0 unspecified atom stereocenters. The van der Waals surface area contributed by atoms with Gasteiger partial charge in [0.05, 0.1) is 5.75 Å². The lowest BCUT2D eigenvalue weighted by Crippen LogP contribution is -2.24. The predicted molar refractivity (Wildman–Crippen MR) is 35.7 cm³/mol. The first-order valence-corrected chi connectivity index (χ1v) is 4.75. The summed E-state index contributed by atoms with van der Waals surface area (Å²) in [7, 11) is -2.80. The molecule has 0 aliphatic carbocycles. The Morgan fingerprint density at radius 3 is 2.44 bits per heavy atom. The van der Waals surface area contributed by atoms with Gasteiger partial charge in [-0.2, -0.15) is 0 Å². The summed E-state index contributed by atoms with van der Waals surface area (Å²) in [6.07, 6.45) is 0.802. The average molecular weight is 149 g/mol. The second kappa shape index (κ2) is 2.27. The fraction of sp³-hybridized carbons (Fsp3) is 1.00. The van der Waals surface area contributed by atoms with E-state index in [9.17, 15) is 8.42 Å². The lowest BCUT2D eigenvalue weighted by Gasteiger charge is -2.08. The van der Waals surface area contributed by atoms with Gasteiger partial charge in [0.25, 0.3) is 0 Å². The Hall–Kier alpha value is -0.0900. The summed E-state index contributed by atoms with van der Waals surface area (Å²) in [6, 6.07) is 0. The number of sulfonamides is 1. The third kappa shape index (κ3) is 1.24. The van der Waals surface area contributed by atoms with Crippen LogP contribution in [0, 0.1) is 0 Å². The van der Waals surface area contributed by atoms with Crippen molar-refractivity contribution < 1.29 is 8.42 Å². The van der Waals surface area contributed by atoms with Crippen LogP contribution >= 0.6 is 0 Å². The first-order chi connectivity index (χ1) is 4.17. The predicted octanol–water partition coefficient (Wildman–Crippen LogP) is 0.0418. The maximum absolute atomic E-state index is 10.9. The minimum atomic E-state index is -2.80. The number of nitrogens with zero attached hydrogens (tertiary/aromatic N) is 1. The largest absolute Gasteiger partial charge is 0.214 e. The van der Waals surface area contributed by atoms with E-state index < -0.39 is 10.0 Å². The van der Waals surface area contributed by atoms with E-state index in [2.05, 4.69) is 0 Å². The third-order valence-corrected chi connectivity index (χ3v) is 3.59. The fourth-order valence-electron chi connectivity index (χ4n) is 1.05. The molecule has 0 N–H and O–H groups in total. The standard InChI is InChI=1S/C5H11NO2S/c1-2-6-4-3-5-9(6,7)8/h2-5H2,1H3. The van der Waals surface area contributed by atoms with Crippen LogP contribution in [-0.2, 0) is 10.0 Å². The van der Waals surface area contributed by atoms with E-state index in [1.165, 1.54) is 4.31 Å². The van der Waals surface area contributed by atoms with Gasteiger partial charge in [-0.25, -0.2) is 12.7 Å². The van der Waals surface area contributed by atoms with Crippen molar-refractivity contribution in [2.75, 3.05) is 18.8 Å². The number of hydrogen-bond donors (Lipinski definition) is 0. The molecular formula is C5H11NO2S. The summed E-state index contributed by atoms with van der Waals surface area (Å²) < 4.78 is 23.4. The molecule has 4 heteroatoms. The molecule has 0 aromatic rings. The molecule has 54 valence electrons. The van der Waals surface area contributed by atoms with Crippen molar-refractivity contribution >= 4 is 10.0 Å². The maximum atomic E-state index is 10.9. The van der Waals surface area contributed by atoms with Crippen LogP contribution in [0.5, 0.6) is 0 Å². The average Bonchev–Trinajstić information content (AvgIpc) is 2.08. The highest BCUT2D eigenvalue weighted by molar-refractivity contribution is 7.89. The first kappa shape index (κ1) is 7.02. The molecule has 0 aromatic heterocycles. The zero-order valence-corrected chi connectivity index (χ0v) is 6.32. The van der Waals surface area contributed by atoms with Gasteiger partial charge >= 0.3 is 0 Å². The summed E-state index contributed by atoms with van der Waals surface area (Å²) in [6.45, 7) is 3.21. The minimum Gasteiger partial charge on any atom is -0.212 e. The van der Waals surface area contributed by atoms with Crippen LogP contribution in [0.3, 0.4) is 0 Å². The van der Waals surface area contributed by atoms with E-state index in [0.29, 0.717) is 12.3 Å². The van der Waals surface area contributed by atoms with Crippen LogP contribution in [0.25, 0.3) is 0 Å². The normalized spacial score (nSPS) is 26.8. The molecule has 1 saturated heterocycles. The fourth-order valence-corrected chi connectivity index (χ4v) is 2.60. The molecule has 1 fully saturated rings. The topological polar surface area (TPSA) is 37.4 Å². The second-order valence-corrected chi connectivity index (χ2v) is 4.25. The van der Waals surface area contributed by atoms with Crippen LogP contribution in [-0.4, -0.2) is 31.6 Å². The van der Waals surface area contributed by atoms with E-state index in [-0.39, 0.29) is 0 Å². The summed E-state index contributed by atoms with van der Waals surface area (Å²) >= 11 is 0. The summed E-state index contributed by atoms with van der Waals surface area (Å²) in [5, 5.41) is 0. The smallest absolute Gasteiger partial charge is 0.212 e. The van der Waals surface area contributed by atoms with Crippen molar-refractivity contribution in [1.82, 2.24) is 4.31 Å².